The van der Waals surface area contributed by atoms with Gasteiger partial charge in [0.25, 0.3) is 0 Å². The molecule has 0 saturated heterocycles. The van der Waals surface area contributed by atoms with Gasteiger partial charge in [-0.3, -0.25) is 0 Å². The van der Waals surface area contributed by atoms with Crippen LogP contribution in [0.5, 0.6) is 0 Å². The maximum atomic E-state index is 5.54. The Morgan fingerprint density at radius 3 is 2.71 bits per heavy atom. The summed E-state index contributed by atoms with van der Waals surface area (Å²) in [5.41, 5.74) is 1.36. The molecular formula is C10H6ClN5O. The molecule has 1 aromatic carbocycles. The van der Waals surface area contributed by atoms with E-state index >= 15 is 0 Å². The minimum atomic E-state index is -0.0192. The lowest BCUT2D eigenvalue weighted by atomic mass is 10.3. The molecule has 3 aromatic rings. The molecule has 84 valence electrons. The van der Waals surface area contributed by atoms with Crippen LogP contribution in [-0.2, 0) is 0 Å². The average Bonchev–Trinajstić information content (AvgIpc) is 2.98. The van der Waals surface area contributed by atoms with Gasteiger partial charge in [0.1, 0.15) is 0 Å². The fourth-order valence-electron chi connectivity index (χ4n) is 1.36. The summed E-state index contributed by atoms with van der Waals surface area (Å²) in [5, 5.41) is 12.0. The van der Waals surface area contributed by atoms with Gasteiger partial charge in [0, 0.05) is 0 Å². The summed E-state index contributed by atoms with van der Waals surface area (Å²) in [6.07, 6.45) is 1.55. The van der Waals surface area contributed by atoms with Crippen LogP contribution in [0.15, 0.2) is 41.1 Å². The van der Waals surface area contributed by atoms with E-state index in [1.165, 1.54) is 4.80 Å². The van der Waals surface area contributed by atoms with Crippen LogP contribution in [0, 0.1) is 0 Å². The van der Waals surface area contributed by atoms with Crippen LogP contribution < -0.4 is 0 Å². The smallest absolute Gasteiger partial charge is 0.320 e. The molecule has 0 aliphatic heterocycles. The van der Waals surface area contributed by atoms with Gasteiger partial charge in [-0.15, -0.1) is 5.10 Å². The molecule has 0 fully saturated rings. The van der Waals surface area contributed by atoms with Crippen LogP contribution in [0.2, 0.25) is 5.35 Å². The molecule has 0 aliphatic carbocycles. The molecule has 0 saturated carbocycles. The van der Waals surface area contributed by atoms with E-state index in [9.17, 15) is 0 Å². The van der Waals surface area contributed by atoms with Gasteiger partial charge in [-0.1, -0.05) is 23.4 Å². The Kier molecular flexibility index (Phi) is 2.34. The molecule has 0 spiro atoms. The third-order valence-electron chi connectivity index (χ3n) is 2.11. The molecule has 0 atom stereocenters. The molecule has 0 N–H and O–H groups in total. The minimum absolute atomic E-state index is 0.0192. The summed E-state index contributed by atoms with van der Waals surface area (Å²) in [4.78, 5) is 5.35. The molecule has 0 aliphatic rings. The molecule has 2 aromatic heterocycles. The molecule has 0 radical (unpaired) electrons. The summed E-state index contributed by atoms with van der Waals surface area (Å²) in [7, 11) is 0. The fraction of sp³-hybridized carbons (Fsp3) is 0. The number of para-hydroxylation sites is 1. The lowest BCUT2D eigenvalue weighted by molar-refractivity contribution is 0.420. The first kappa shape index (κ1) is 9.98. The van der Waals surface area contributed by atoms with Crippen LogP contribution in [0.25, 0.3) is 17.2 Å². The molecular weight excluding hydrogens is 242 g/mol. The Balaban J connectivity index is 1.99. The van der Waals surface area contributed by atoms with Gasteiger partial charge in [-0.25, -0.2) is 0 Å². The summed E-state index contributed by atoms with van der Waals surface area (Å²) in [5.74, 6) is 0.317. The molecule has 6 nitrogen and oxygen atoms in total. The van der Waals surface area contributed by atoms with E-state index in [4.69, 9.17) is 11.6 Å². The zero-order chi connectivity index (χ0) is 11.7. The van der Waals surface area contributed by atoms with Crippen molar-refractivity contribution in [2.24, 2.45) is 0 Å². The Morgan fingerprint density at radius 1 is 1.18 bits per heavy atom. The van der Waals surface area contributed by atoms with E-state index < -0.39 is 0 Å². The standard InChI is InChI=1S/C10H6ClN5O/c11-10-13-9(15-17-10)8-6-12-16(14-8)7-4-2-1-3-5-7/h1-6H. The van der Waals surface area contributed by atoms with Crippen molar-refractivity contribution in [3.05, 3.63) is 41.9 Å². The number of halogens is 1. The van der Waals surface area contributed by atoms with Gasteiger partial charge in [-0.2, -0.15) is 14.9 Å². The van der Waals surface area contributed by atoms with E-state index in [0.29, 0.717) is 11.5 Å². The van der Waals surface area contributed by atoms with Crippen molar-refractivity contribution in [1.82, 2.24) is 25.1 Å². The second kappa shape index (κ2) is 3.99. The van der Waals surface area contributed by atoms with Crippen molar-refractivity contribution in [2.45, 2.75) is 0 Å². The highest BCUT2D eigenvalue weighted by Gasteiger charge is 2.11. The van der Waals surface area contributed by atoms with Crippen LogP contribution in [-0.4, -0.2) is 25.1 Å². The molecule has 7 heteroatoms. The quantitative estimate of drug-likeness (QED) is 0.692. The van der Waals surface area contributed by atoms with Crippen molar-refractivity contribution in [3.8, 4) is 17.2 Å². The second-order valence-electron chi connectivity index (χ2n) is 3.23. The van der Waals surface area contributed by atoms with Gasteiger partial charge in [0.05, 0.1) is 11.9 Å². The molecule has 0 unspecified atom stereocenters. The molecule has 17 heavy (non-hydrogen) atoms. The Hall–Kier alpha value is -2.21. The topological polar surface area (TPSA) is 69.6 Å². The van der Waals surface area contributed by atoms with Gasteiger partial charge in [0.15, 0.2) is 5.69 Å². The SMILES string of the molecule is Clc1nc(-c2cnn(-c3ccccc3)n2)no1. The maximum Gasteiger partial charge on any atom is 0.320 e. The van der Waals surface area contributed by atoms with Crippen molar-refractivity contribution >= 4 is 11.6 Å². The largest absolute Gasteiger partial charge is 0.321 e. The predicted octanol–water partition coefficient (Wildman–Crippen LogP) is 1.97. The highest BCUT2D eigenvalue weighted by Crippen LogP contribution is 2.15. The number of hydrogen-bond acceptors (Lipinski definition) is 5. The van der Waals surface area contributed by atoms with Crippen molar-refractivity contribution in [1.29, 1.82) is 0 Å². The summed E-state index contributed by atoms with van der Waals surface area (Å²) in [6, 6.07) is 9.53. The maximum absolute atomic E-state index is 5.54. The number of aromatic nitrogens is 5. The predicted molar refractivity (Wildman–Crippen MR) is 59.7 cm³/mol. The van der Waals surface area contributed by atoms with Gasteiger partial charge in [-0.05, 0) is 23.7 Å². The first-order valence-corrected chi connectivity index (χ1v) is 5.18. The third kappa shape index (κ3) is 1.90. The van der Waals surface area contributed by atoms with E-state index in [1.54, 1.807) is 6.20 Å². The lowest BCUT2D eigenvalue weighted by Gasteiger charge is -1.96. The number of hydrogen-bond donors (Lipinski definition) is 0. The molecule has 2 heterocycles. The highest BCUT2D eigenvalue weighted by atomic mass is 35.5. The van der Waals surface area contributed by atoms with Crippen LogP contribution in [0.1, 0.15) is 0 Å². The zero-order valence-corrected chi connectivity index (χ0v) is 9.24. The first-order valence-electron chi connectivity index (χ1n) is 4.80. The average molecular weight is 248 g/mol. The summed E-state index contributed by atoms with van der Waals surface area (Å²) >= 11 is 5.54. The van der Waals surface area contributed by atoms with Crippen LogP contribution in [0.4, 0.5) is 0 Å². The Labute approximate surface area is 101 Å². The first-order chi connectivity index (χ1) is 8.33. The molecule has 0 bridgehead atoms. The highest BCUT2D eigenvalue weighted by molar-refractivity contribution is 6.27. The van der Waals surface area contributed by atoms with Crippen LogP contribution in [0.3, 0.4) is 0 Å². The second-order valence-corrected chi connectivity index (χ2v) is 3.55. The Bertz CT molecular complexity index is 633. The normalized spacial score (nSPS) is 10.6. The van der Waals surface area contributed by atoms with E-state index in [-0.39, 0.29) is 5.35 Å². The van der Waals surface area contributed by atoms with Crippen LogP contribution >= 0.6 is 11.6 Å². The van der Waals surface area contributed by atoms with Gasteiger partial charge in [0.2, 0.25) is 5.82 Å². The number of nitrogens with zero attached hydrogens (tertiary/aromatic N) is 5. The third-order valence-corrected chi connectivity index (χ3v) is 2.26. The van der Waals surface area contributed by atoms with E-state index in [2.05, 4.69) is 24.9 Å². The van der Waals surface area contributed by atoms with Gasteiger partial charge >= 0.3 is 5.35 Å². The fourth-order valence-corrected chi connectivity index (χ4v) is 1.47. The summed E-state index contributed by atoms with van der Waals surface area (Å²) in [6.45, 7) is 0. The van der Waals surface area contributed by atoms with E-state index in [0.717, 1.165) is 5.69 Å². The van der Waals surface area contributed by atoms with Crippen molar-refractivity contribution < 1.29 is 4.52 Å². The van der Waals surface area contributed by atoms with Crippen molar-refractivity contribution in [2.75, 3.05) is 0 Å². The van der Waals surface area contributed by atoms with Crippen molar-refractivity contribution in [3.63, 3.8) is 0 Å². The molecule has 0 amide bonds. The monoisotopic (exact) mass is 247 g/mol. The summed E-state index contributed by atoms with van der Waals surface area (Å²) < 4.78 is 4.66. The lowest BCUT2D eigenvalue weighted by Crippen LogP contribution is -1.97. The Morgan fingerprint density at radius 2 is 2.00 bits per heavy atom. The van der Waals surface area contributed by atoms with Gasteiger partial charge < -0.3 is 4.52 Å². The van der Waals surface area contributed by atoms with E-state index in [1.807, 2.05) is 30.3 Å². The number of benzene rings is 1. The number of rotatable bonds is 2. The zero-order valence-electron chi connectivity index (χ0n) is 8.49. The molecule has 3 rings (SSSR count). The minimum Gasteiger partial charge on any atom is -0.321 e.